The third-order valence-electron chi connectivity index (χ3n) is 3.51. The first kappa shape index (κ1) is 18.8. The summed E-state index contributed by atoms with van der Waals surface area (Å²) >= 11 is 0. The third kappa shape index (κ3) is 3.92. The van der Waals surface area contributed by atoms with Crippen LogP contribution in [-0.4, -0.2) is 38.5 Å². The van der Waals surface area contributed by atoms with Crippen LogP contribution >= 0.6 is 0 Å². The molecule has 0 radical (unpaired) electrons. The van der Waals surface area contributed by atoms with E-state index >= 15 is 0 Å². The van der Waals surface area contributed by atoms with Crippen molar-refractivity contribution in [3.05, 3.63) is 59.4 Å². The summed E-state index contributed by atoms with van der Waals surface area (Å²) in [6.45, 7) is 1.37. The molecule has 2 aromatic rings. The van der Waals surface area contributed by atoms with Gasteiger partial charge in [0.1, 0.15) is 10.7 Å². The van der Waals surface area contributed by atoms with E-state index in [1.165, 1.54) is 27.1 Å². The fourth-order valence-corrected chi connectivity index (χ4v) is 3.12. The first-order valence-electron chi connectivity index (χ1n) is 7.28. The van der Waals surface area contributed by atoms with Crippen LogP contribution in [0.3, 0.4) is 0 Å². The monoisotopic (exact) mass is 364 g/mol. The minimum atomic E-state index is -4.03. The highest BCUT2D eigenvalue weighted by atomic mass is 32.2. The van der Waals surface area contributed by atoms with E-state index < -0.39 is 26.6 Å². The summed E-state index contributed by atoms with van der Waals surface area (Å²) in [6.07, 6.45) is 0. The van der Waals surface area contributed by atoms with E-state index in [1.54, 1.807) is 24.3 Å². The number of carbonyl (C=O) groups excluding carboxylic acids is 2. The summed E-state index contributed by atoms with van der Waals surface area (Å²) in [7, 11) is -1.50. The molecule has 2 aromatic carbocycles. The summed E-state index contributed by atoms with van der Waals surface area (Å²) in [5.41, 5.74) is 0.570. The van der Waals surface area contributed by atoms with Crippen molar-refractivity contribution in [3.8, 4) is 0 Å². The molecule has 0 aliphatic heterocycles. The molecule has 0 fully saturated rings. The van der Waals surface area contributed by atoms with E-state index in [1.807, 2.05) is 0 Å². The minimum absolute atomic E-state index is 0.0415. The van der Waals surface area contributed by atoms with Crippen LogP contribution in [0.5, 0.6) is 0 Å². The predicted molar refractivity (Wildman–Crippen MR) is 91.7 cm³/mol. The van der Waals surface area contributed by atoms with Gasteiger partial charge in [-0.25, -0.2) is 17.1 Å². The van der Waals surface area contributed by atoms with Crippen LogP contribution in [0, 0.1) is 5.82 Å². The lowest BCUT2D eigenvalue weighted by Gasteiger charge is -2.13. The lowest BCUT2D eigenvalue weighted by molar-refractivity contribution is 0.101. The number of ketones is 1. The highest BCUT2D eigenvalue weighted by Crippen LogP contribution is 2.21. The van der Waals surface area contributed by atoms with Gasteiger partial charge in [-0.2, -0.15) is 0 Å². The first-order chi connectivity index (χ1) is 11.6. The topological polar surface area (TPSA) is 83.5 Å². The number of nitrogens with one attached hydrogen (secondary N) is 1. The van der Waals surface area contributed by atoms with E-state index in [4.69, 9.17) is 0 Å². The Morgan fingerprint density at radius 1 is 1.08 bits per heavy atom. The van der Waals surface area contributed by atoms with Crippen LogP contribution in [0.4, 0.5) is 10.1 Å². The maximum atomic E-state index is 13.9. The van der Waals surface area contributed by atoms with Gasteiger partial charge in [-0.15, -0.1) is 0 Å². The standard InChI is InChI=1S/C17H17FN2O4S/c1-11(21)13-6-4-5-7-15(13)19-17(22)12-8-9-14(18)16(10-12)25(23,24)20(2)3/h4-10H,1-3H3,(H,19,22). The third-order valence-corrected chi connectivity index (χ3v) is 5.34. The van der Waals surface area contributed by atoms with Crippen molar-refractivity contribution in [2.75, 3.05) is 19.4 Å². The number of anilines is 1. The molecule has 8 heteroatoms. The van der Waals surface area contributed by atoms with Gasteiger partial charge >= 0.3 is 0 Å². The van der Waals surface area contributed by atoms with E-state index in [2.05, 4.69) is 5.32 Å². The molecular formula is C17H17FN2O4S. The second-order valence-electron chi connectivity index (χ2n) is 5.49. The summed E-state index contributed by atoms with van der Waals surface area (Å²) in [6, 6.07) is 9.48. The summed E-state index contributed by atoms with van der Waals surface area (Å²) in [4.78, 5) is 23.4. The second-order valence-corrected chi connectivity index (χ2v) is 7.61. The van der Waals surface area contributed by atoms with Crippen molar-refractivity contribution in [1.29, 1.82) is 0 Å². The smallest absolute Gasteiger partial charge is 0.255 e. The van der Waals surface area contributed by atoms with Gasteiger partial charge in [0, 0.05) is 25.2 Å². The Bertz CT molecular complexity index is 939. The van der Waals surface area contributed by atoms with Gasteiger partial charge in [0.05, 0.1) is 5.69 Å². The molecule has 6 nitrogen and oxygen atoms in total. The SMILES string of the molecule is CC(=O)c1ccccc1NC(=O)c1ccc(F)c(S(=O)(=O)N(C)C)c1. The molecule has 0 saturated heterocycles. The van der Waals surface area contributed by atoms with Gasteiger partial charge in [-0.05, 0) is 37.3 Å². The number of benzene rings is 2. The Morgan fingerprint density at radius 2 is 1.72 bits per heavy atom. The zero-order chi connectivity index (χ0) is 18.8. The van der Waals surface area contributed by atoms with Gasteiger partial charge < -0.3 is 5.32 Å². The zero-order valence-electron chi connectivity index (χ0n) is 13.9. The number of amides is 1. The van der Waals surface area contributed by atoms with Crippen molar-refractivity contribution in [3.63, 3.8) is 0 Å². The fourth-order valence-electron chi connectivity index (χ4n) is 2.13. The highest BCUT2D eigenvalue weighted by molar-refractivity contribution is 7.89. The zero-order valence-corrected chi connectivity index (χ0v) is 14.7. The Morgan fingerprint density at radius 3 is 2.32 bits per heavy atom. The fraction of sp³-hybridized carbons (Fsp3) is 0.176. The molecule has 0 heterocycles. The van der Waals surface area contributed by atoms with Crippen LogP contribution < -0.4 is 5.32 Å². The summed E-state index contributed by atoms with van der Waals surface area (Å²) in [5.74, 6) is -1.83. The van der Waals surface area contributed by atoms with E-state index in [9.17, 15) is 22.4 Å². The number of halogens is 1. The molecule has 1 amide bonds. The van der Waals surface area contributed by atoms with Crippen molar-refractivity contribution in [2.24, 2.45) is 0 Å². The number of hydrogen-bond donors (Lipinski definition) is 1. The minimum Gasteiger partial charge on any atom is -0.321 e. The predicted octanol–water partition coefficient (Wildman–Crippen LogP) is 2.53. The van der Waals surface area contributed by atoms with Gasteiger partial charge in [-0.3, -0.25) is 9.59 Å². The van der Waals surface area contributed by atoms with Crippen LogP contribution in [0.15, 0.2) is 47.4 Å². The lowest BCUT2D eigenvalue weighted by Crippen LogP contribution is -2.24. The Labute approximate surface area is 145 Å². The summed E-state index contributed by atoms with van der Waals surface area (Å²) < 4.78 is 39.0. The van der Waals surface area contributed by atoms with Gasteiger partial charge in [0.2, 0.25) is 10.0 Å². The molecule has 2 rings (SSSR count). The number of rotatable bonds is 5. The van der Waals surface area contributed by atoms with E-state index in [0.29, 0.717) is 11.3 Å². The van der Waals surface area contributed by atoms with Crippen LogP contribution in [0.25, 0.3) is 0 Å². The van der Waals surface area contributed by atoms with Crippen molar-refractivity contribution in [2.45, 2.75) is 11.8 Å². The van der Waals surface area contributed by atoms with Crippen LogP contribution in [-0.2, 0) is 10.0 Å². The maximum Gasteiger partial charge on any atom is 0.255 e. The van der Waals surface area contributed by atoms with Gasteiger partial charge in [0.25, 0.3) is 5.91 Å². The number of carbonyl (C=O) groups is 2. The molecule has 0 saturated carbocycles. The van der Waals surface area contributed by atoms with E-state index in [-0.39, 0.29) is 11.3 Å². The molecule has 0 bridgehead atoms. The molecule has 0 atom stereocenters. The normalized spacial score (nSPS) is 11.4. The number of hydrogen-bond acceptors (Lipinski definition) is 4. The van der Waals surface area contributed by atoms with Crippen molar-refractivity contribution < 1.29 is 22.4 Å². The number of nitrogens with zero attached hydrogens (tertiary/aromatic N) is 1. The van der Waals surface area contributed by atoms with Crippen molar-refractivity contribution >= 4 is 27.4 Å². The molecule has 0 aromatic heterocycles. The van der Waals surface area contributed by atoms with Gasteiger partial charge in [0.15, 0.2) is 5.78 Å². The molecule has 25 heavy (non-hydrogen) atoms. The molecule has 0 unspecified atom stereocenters. The summed E-state index contributed by atoms with van der Waals surface area (Å²) in [5, 5.41) is 2.54. The maximum absolute atomic E-state index is 13.9. The molecular weight excluding hydrogens is 347 g/mol. The Kier molecular flexibility index (Phi) is 5.34. The molecule has 0 aliphatic rings. The lowest BCUT2D eigenvalue weighted by atomic mass is 10.1. The highest BCUT2D eigenvalue weighted by Gasteiger charge is 2.23. The van der Waals surface area contributed by atoms with Crippen LogP contribution in [0.1, 0.15) is 27.6 Å². The average molecular weight is 364 g/mol. The quantitative estimate of drug-likeness (QED) is 0.827. The Hall–Kier alpha value is -2.58. The first-order valence-corrected chi connectivity index (χ1v) is 8.72. The molecule has 0 spiro atoms. The molecule has 1 N–H and O–H groups in total. The Balaban J connectivity index is 2.41. The van der Waals surface area contributed by atoms with Gasteiger partial charge in [-0.1, -0.05) is 12.1 Å². The number of sulfonamides is 1. The van der Waals surface area contributed by atoms with Crippen molar-refractivity contribution in [1.82, 2.24) is 4.31 Å². The number of para-hydroxylation sites is 1. The number of Topliss-reactive ketones (excluding diaryl/α,β-unsaturated/α-hetero) is 1. The average Bonchev–Trinajstić information content (AvgIpc) is 2.55. The van der Waals surface area contributed by atoms with E-state index in [0.717, 1.165) is 16.4 Å². The largest absolute Gasteiger partial charge is 0.321 e. The van der Waals surface area contributed by atoms with Crippen LogP contribution in [0.2, 0.25) is 0 Å². The second kappa shape index (κ2) is 7.12. The molecule has 0 aliphatic carbocycles. The molecule has 132 valence electrons.